The van der Waals surface area contributed by atoms with Gasteiger partial charge < -0.3 is 10.2 Å². The molecule has 0 fully saturated rings. The van der Waals surface area contributed by atoms with Crippen LogP contribution in [0, 0.1) is 6.92 Å². The van der Waals surface area contributed by atoms with Crippen LogP contribution in [0.2, 0.25) is 5.02 Å². The fourth-order valence-corrected chi connectivity index (χ4v) is 3.83. The molecule has 2 aromatic carbocycles. The summed E-state index contributed by atoms with van der Waals surface area (Å²) in [4.78, 5) is 19.3. The van der Waals surface area contributed by atoms with Crippen LogP contribution in [0.4, 0.5) is 17.1 Å². The Morgan fingerprint density at radius 3 is 2.81 bits per heavy atom. The van der Waals surface area contributed by atoms with Gasteiger partial charge >= 0.3 is 0 Å². The quantitative estimate of drug-likeness (QED) is 0.666. The lowest BCUT2D eigenvalue weighted by Gasteiger charge is -2.25. The smallest absolute Gasteiger partial charge is 0.257 e. The first-order chi connectivity index (χ1) is 13.0. The van der Waals surface area contributed by atoms with Gasteiger partial charge in [0.1, 0.15) is 0 Å². The Kier molecular flexibility index (Phi) is 4.58. The van der Waals surface area contributed by atoms with E-state index in [-0.39, 0.29) is 5.91 Å². The minimum absolute atomic E-state index is 0.185. The van der Waals surface area contributed by atoms with E-state index in [1.54, 1.807) is 12.3 Å². The molecule has 1 amide bonds. The second-order valence-corrected chi connectivity index (χ2v) is 7.33. The summed E-state index contributed by atoms with van der Waals surface area (Å²) in [7, 11) is 0. The van der Waals surface area contributed by atoms with E-state index < -0.39 is 0 Å². The molecule has 0 saturated heterocycles. The summed E-state index contributed by atoms with van der Waals surface area (Å²) >= 11 is 5.99. The van der Waals surface area contributed by atoms with Gasteiger partial charge in [-0.1, -0.05) is 29.8 Å². The maximum absolute atomic E-state index is 12.7. The van der Waals surface area contributed by atoms with Crippen molar-refractivity contribution < 1.29 is 4.79 Å². The topological polar surface area (TPSA) is 45.2 Å². The number of halogens is 1. The van der Waals surface area contributed by atoms with Crippen LogP contribution in [-0.2, 0) is 6.42 Å². The summed E-state index contributed by atoms with van der Waals surface area (Å²) in [6.45, 7) is 4.10. The first-order valence-corrected chi connectivity index (χ1v) is 9.30. The summed E-state index contributed by atoms with van der Waals surface area (Å²) < 4.78 is 0. The summed E-state index contributed by atoms with van der Waals surface area (Å²) in [5.74, 6) is -0.185. The molecule has 136 valence electrons. The number of amides is 1. The van der Waals surface area contributed by atoms with Gasteiger partial charge in [0.05, 0.1) is 17.4 Å². The summed E-state index contributed by atoms with van der Waals surface area (Å²) in [5, 5.41) is 3.59. The summed E-state index contributed by atoms with van der Waals surface area (Å²) in [6, 6.07) is 16.0. The maximum Gasteiger partial charge on any atom is 0.257 e. The molecule has 0 bridgehead atoms. The van der Waals surface area contributed by atoms with Gasteiger partial charge in [0.25, 0.3) is 5.91 Å². The van der Waals surface area contributed by atoms with Crippen LogP contribution in [0.15, 0.2) is 60.9 Å². The molecule has 3 aromatic rings. The Hall–Kier alpha value is -2.85. The Morgan fingerprint density at radius 1 is 1.19 bits per heavy atom. The zero-order chi connectivity index (χ0) is 19.0. The first-order valence-electron chi connectivity index (χ1n) is 8.92. The molecular weight excluding hydrogens is 358 g/mol. The van der Waals surface area contributed by atoms with Gasteiger partial charge in [-0.15, -0.1) is 0 Å². The largest absolute Gasteiger partial charge is 0.337 e. The molecule has 4 nitrogen and oxygen atoms in total. The van der Waals surface area contributed by atoms with Gasteiger partial charge in [-0.2, -0.15) is 0 Å². The molecule has 4 rings (SSSR count). The third-order valence-electron chi connectivity index (χ3n) is 4.91. The van der Waals surface area contributed by atoms with Crippen LogP contribution in [0.1, 0.15) is 28.4 Å². The average Bonchev–Trinajstić information content (AvgIpc) is 2.99. The number of benzene rings is 2. The minimum atomic E-state index is -0.185. The van der Waals surface area contributed by atoms with Gasteiger partial charge in [-0.25, -0.2) is 0 Å². The highest BCUT2D eigenvalue weighted by Gasteiger charge is 2.27. The van der Waals surface area contributed by atoms with Crippen molar-refractivity contribution in [2.75, 3.05) is 10.2 Å². The molecule has 0 aliphatic carbocycles. The Morgan fingerprint density at radius 2 is 2.00 bits per heavy atom. The molecule has 1 N–H and O–H groups in total. The van der Waals surface area contributed by atoms with Crippen LogP contribution in [0.5, 0.6) is 0 Å². The second-order valence-electron chi connectivity index (χ2n) is 6.90. The van der Waals surface area contributed by atoms with Gasteiger partial charge in [0.15, 0.2) is 0 Å². The fraction of sp³-hybridized carbons (Fsp3) is 0.182. The van der Waals surface area contributed by atoms with Crippen LogP contribution in [0.25, 0.3) is 0 Å². The number of carbonyl (C=O) groups excluding carboxylic acids is 1. The van der Waals surface area contributed by atoms with E-state index in [0.29, 0.717) is 16.6 Å². The van der Waals surface area contributed by atoms with Gasteiger partial charge in [-0.05, 0) is 61.7 Å². The van der Waals surface area contributed by atoms with Crippen molar-refractivity contribution in [1.82, 2.24) is 4.98 Å². The third kappa shape index (κ3) is 3.40. The molecular formula is C22H20ClN3O. The van der Waals surface area contributed by atoms with Crippen LogP contribution in [-0.4, -0.2) is 16.9 Å². The summed E-state index contributed by atoms with van der Waals surface area (Å²) in [5.41, 5.74) is 5.61. The van der Waals surface area contributed by atoms with Gasteiger partial charge in [0, 0.05) is 28.6 Å². The number of pyridine rings is 1. The van der Waals surface area contributed by atoms with Crippen molar-refractivity contribution in [2.45, 2.75) is 26.3 Å². The lowest BCUT2D eigenvalue weighted by Crippen LogP contribution is -2.24. The molecule has 0 radical (unpaired) electrons. The predicted octanol–water partition coefficient (Wildman–Crippen LogP) is 5.38. The highest BCUT2D eigenvalue weighted by atomic mass is 35.5. The van der Waals surface area contributed by atoms with E-state index in [2.05, 4.69) is 40.3 Å². The highest BCUT2D eigenvalue weighted by Crippen LogP contribution is 2.38. The molecule has 0 spiro atoms. The number of nitrogens with one attached hydrogen (secondary N) is 1. The van der Waals surface area contributed by atoms with E-state index in [1.807, 2.05) is 37.4 Å². The molecule has 27 heavy (non-hydrogen) atoms. The average molecular weight is 378 g/mol. The van der Waals surface area contributed by atoms with Crippen molar-refractivity contribution in [1.29, 1.82) is 0 Å². The van der Waals surface area contributed by atoms with Crippen molar-refractivity contribution in [3.8, 4) is 0 Å². The summed E-state index contributed by atoms with van der Waals surface area (Å²) in [6.07, 6.45) is 4.39. The van der Waals surface area contributed by atoms with Crippen LogP contribution >= 0.6 is 11.6 Å². The van der Waals surface area contributed by atoms with E-state index in [0.717, 1.165) is 23.4 Å². The zero-order valence-corrected chi connectivity index (χ0v) is 16.0. The molecule has 1 unspecified atom stereocenters. The highest BCUT2D eigenvalue weighted by molar-refractivity contribution is 6.30. The standard InChI is InChI=1S/C22H20ClN3O/c1-14-9-18(23)7-8-20(14)25-22(27)17-11-19(13-24-12-17)26-15(2)10-16-5-3-4-6-21(16)26/h3-9,11-13,15H,10H2,1-2H3,(H,25,27). The molecule has 0 saturated carbocycles. The Labute approximate surface area is 163 Å². The SMILES string of the molecule is Cc1cc(Cl)ccc1NC(=O)c1cncc(N2c3ccccc3CC2C)c1. The number of hydrogen-bond donors (Lipinski definition) is 1. The molecule has 1 aliphatic heterocycles. The monoisotopic (exact) mass is 377 g/mol. The fourth-order valence-electron chi connectivity index (χ4n) is 3.60. The van der Waals surface area contributed by atoms with Crippen molar-refractivity contribution in [3.05, 3.63) is 82.6 Å². The Bertz CT molecular complexity index is 1020. The molecule has 1 aromatic heterocycles. The van der Waals surface area contributed by atoms with Crippen molar-refractivity contribution in [2.24, 2.45) is 0 Å². The number of aromatic nitrogens is 1. The number of hydrogen-bond acceptors (Lipinski definition) is 3. The number of rotatable bonds is 3. The first kappa shape index (κ1) is 17.6. The number of anilines is 3. The minimum Gasteiger partial charge on any atom is -0.337 e. The number of nitrogens with zero attached hydrogens (tertiary/aromatic N) is 2. The van der Waals surface area contributed by atoms with E-state index in [4.69, 9.17) is 11.6 Å². The predicted molar refractivity (Wildman–Crippen MR) is 110 cm³/mol. The lowest BCUT2D eigenvalue weighted by atomic mass is 10.1. The van der Waals surface area contributed by atoms with Crippen molar-refractivity contribution >= 4 is 34.6 Å². The number of fused-ring (bicyclic) bond motifs is 1. The van der Waals surface area contributed by atoms with E-state index >= 15 is 0 Å². The Balaban J connectivity index is 1.62. The normalized spacial score (nSPS) is 15.5. The van der Waals surface area contributed by atoms with Crippen LogP contribution in [0.3, 0.4) is 0 Å². The number of aryl methyl sites for hydroxylation is 1. The van der Waals surface area contributed by atoms with Crippen LogP contribution < -0.4 is 10.2 Å². The molecule has 5 heteroatoms. The molecule has 2 heterocycles. The van der Waals surface area contributed by atoms with E-state index in [9.17, 15) is 4.79 Å². The second kappa shape index (κ2) is 7.05. The number of para-hydroxylation sites is 1. The maximum atomic E-state index is 12.7. The zero-order valence-electron chi connectivity index (χ0n) is 15.2. The lowest BCUT2D eigenvalue weighted by molar-refractivity contribution is 0.102. The van der Waals surface area contributed by atoms with Gasteiger partial charge in [-0.3, -0.25) is 9.78 Å². The number of carbonyl (C=O) groups is 1. The van der Waals surface area contributed by atoms with Gasteiger partial charge in [0.2, 0.25) is 0 Å². The molecule has 1 aliphatic rings. The molecule has 1 atom stereocenters. The van der Waals surface area contributed by atoms with E-state index in [1.165, 1.54) is 11.3 Å². The van der Waals surface area contributed by atoms with Crippen molar-refractivity contribution in [3.63, 3.8) is 0 Å². The third-order valence-corrected chi connectivity index (χ3v) is 5.14.